The first-order valence-electron chi connectivity index (χ1n) is 5.99. The van der Waals surface area contributed by atoms with Crippen LogP contribution in [0.2, 0.25) is 0 Å². The number of non-ortho nitro benzene ring substituents is 1. The highest BCUT2D eigenvalue weighted by Crippen LogP contribution is 2.21. The molecular weight excluding hydrogens is 338 g/mol. The molecular formula is C14H8BrN3O3. The van der Waals surface area contributed by atoms with Gasteiger partial charge in [-0.15, -0.1) is 0 Å². The number of fused-ring (bicyclic) bond motifs is 1. The molecule has 2 aromatic carbocycles. The summed E-state index contributed by atoms with van der Waals surface area (Å²) in [4.78, 5) is 22.7. The van der Waals surface area contributed by atoms with E-state index in [9.17, 15) is 14.9 Å². The molecule has 0 aliphatic carbocycles. The molecule has 0 aliphatic rings. The van der Waals surface area contributed by atoms with Gasteiger partial charge in [0.15, 0.2) is 0 Å². The van der Waals surface area contributed by atoms with E-state index in [0.29, 0.717) is 16.5 Å². The average Bonchev–Trinajstić information content (AvgIpc) is 2.90. The Morgan fingerprint density at radius 2 is 1.90 bits per heavy atom. The van der Waals surface area contributed by atoms with Crippen LogP contribution in [-0.2, 0) is 0 Å². The zero-order valence-corrected chi connectivity index (χ0v) is 12.1. The summed E-state index contributed by atoms with van der Waals surface area (Å²) in [6.07, 6.45) is 1.44. The maximum atomic E-state index is 12.4. The lowest BCUT2D eigenvalue weighted by Crippen LogP contribution is -2.13. The van der Waals surface area contributed by atoms with Crippen molar-refractivity contribution in [3.63, 3.8) is 0 Å². The van der Waals surface area contributed by atoms with Crippen molar-refractivity contribution >= 4 is 38.4 Å². The van der Waals surface area contributed by atoms with E-state index in [1.54, 1.807) is 24.3 Å². The molecule has 0 aliphatic heterocycles. The van der Waals surface area contributed by atoms with Gasteiger partial charge in [-0.2, -0.15) is 9.78 Å². The molecule has 21 heavy (non-hydrogen) atoms. The Balaban J connectivity index is 2.06. The summed E-state index contributed by atoms with van der Waals surface area (Å²) < 4.78 is 2.11. The second kappa shape index (κ2) is 5.10. The molecule has 0 fully saturated rings. The van der Waals surface area contributed by atoms with Crippen LogP contribution < -0.4 is 0 Å². The summed E-state index contributed by atoms with van der Waals surface area (Å²) in [5.74, 6) is -0.286. The van der Waals surface area contributed by atoms with Gasteiger partial charge in [0.1, 0.15) is 0 Å². The van der Waals surface area contributed by atoms with Gasteiger partial charge in [0, 0.05) is 27.6 Å². The number of nitrogens with zero attached hydrogens (tertiary/aromatic N) is 3. The number of hydrogen-bond donors (Lipinski definition) is 0. The fourth-order valence-electron chi connectivity index (χ4n) is 2.01. The summed E-state index contributed by atoms with van der Waals surface area (Å²) in [5.41, 5.74) is 0.994. The van der Waals surface area contributed by atoms with Crippen LogP contribution in [0, 0.1) is 10.1 Å². The van der Waals surface area contributed by atoms with Gasteiger partial charge >= 0.3 is 0 Å². The fraction of sp³-hybridized carbons (Fsp3) is 0. The van der Waals surface area contributed by atoms with Crippen molar-refractivity contribution in [2.45, 2.75) is 0 Å². The van der Waals surface area contributed by atoms with Crippen molar-refractivity contribution in [2.75, 3.05) is 0 Å². The lowest BCUT2D eigenvalue weighted by molar-refractivity contribution is -0.384. The minimum atomic E-state index is -0.479. The maximum absolute atomic E-state index is 12.4. The number of carbonyl (C=O) groups excluding carboxylic acids is 1. The smallest absolute Gasteiger partial charge is 0.267 e. The van der Waals surface area contributed by atoms with Gasteiger partial charge in [-0.3, -0.25) is 14.9 Å². The number of halogens is 1. The van der Waals surface area contributed by atoms with Crippen LogP contribution in [0.5, 0.6) is 0 Å². The zero-order chi connectivity index (χ0) is 15.0. The molecule has 3 aromatic rings. The van der Waals surface area contributed by atoms with E-state index in [1.165, 1.54) is 29.1 Å². The predicted octanol–water partition coefficient (Wildman–Crippen LogP) is 3.40. The maximum Gasteiger partial charge on any atom is 0.278 e. The van der Waals surface area contributed by atoms with E-state index in [2.05, 4.69) is 21.0 Å². The van der Waals surface area contributed by atoms with Gasteiger partial charge in [0.2, 0.25) is 0 Å². The standard InChI is InChI=1S/C14H8BrN3O3/c15-11-3-1-9(2-4-11)14(19)17-13-6-5-12(18(20)21)7-10(13)8-16-17/h1-8H. The number of aromatic nitrogens is 2. The molecule has 0 radical (unpaired) electrons. The van der Waals surface area contributed by atoms with Crippen LogP contribution in [0.25, 0.3) is 10.9 Å². The fourth-order valence-corrected chi connectivity index (χ4v) is 2.27. The SMILES string of the molecule is O=C(c1ccc(Br)cc1)n1ncc2cc([N+](=O)[O-])ccc21. The Kier molecular flexibility index (Phi) is 3.26. The van der Waals surface area contributed by atoms with Gasteiger partial charge in [-0.25, -0.2) is 0 Å². The lowest BCUT2D eigenvalue weighted by Gasteiger charge is -2.02. The van der Waals surface area contributed by atoms with Gasteiger partial charge in [0.05, 0.1) is 16.6 Å². The first-order valence-corrected chi connectivity index (χ1v) is 6.78. The molecule has 0 N–H and O–H groups in total. The molecule has 0 saturated carbocycles. The third kappa shape index (κ3) is 2.43. The molecule has 1 aromatic heterocycles. The van der Waals surface area contributed by atoms with Gasteiger partial charge in [0.25, 0.3) is 11.6 Å². The van der Waals surface area contributed by atoms with Crippen molar-refractivity contribution in [1.82, 2.24) is 9.78 Å². The van der Waals surface area contributed by atoms with Crippen LogP contribution in [0.3, 0.4) is 0 Å². The molecule has 104 valence electrons. The Hall–Kier alpha value is -2.54. The van der Waals surface area contributed by atoms with Crippen molar-refractivity contribution in [1.29, 1.82) is 0 Å². The van der Waals surface area contributed by atoms with Crippen LogP contribution in [0.15, 0.2) is 53.1 Å². The number of rotatable bonds is 2. The molecule has 0 atom stereocenters. The van der Waals surface area contributed by atoms with Crippen molar-refractivity contribution < 1.29 is 9.72 Å². The molecule has 0 saturated heterocycles. The average molecular weight is 346 g/mol. The van der Waals surface area contributed by atoms with Gasteiger partial charge < -0.3 is 0 Å². The molecule has 0 bridgehead atoms. The first kappa shape index (κ1) is 13.4. The second-order valence-electron chi connectivity index (χ2n) is 4.37. The van der Waals surface area contributed by atoms with E-state index < -0.39 is 4.92 Å². The van der Waals surface area contributed by atoms with Crippen molar-refractivity contribution in [3.05, 3.63) is 68.8 Å². The highest BCUT2D eigenvalue weighted by Gasteiger charge is 2.15. The molecule has 1 heterocycles. The number of hydrogen-bond acceptors (Lipinski definition) is 4. The topological polar surface area (TPSA) is 78.0 Å². The van der Waals surface area contributed by atoms with Crippen LogP contribution in [0.1, 0.15) is 10.4 Å². The highest BCUT2D eigenvalue weighted by molar-refractivity contribution is 9.10. The molecule has 0 unspecified atom stereocenters. The number of carbonyl (C=O) groups is 1. The molecule has 3 rings (SSSR count). The summed E-state index contributed by atoms with van der Waals surface area (Å²) in [5, 5.41) is 15.3. The zero-order valence-electron chi connectivity index (χ0n) is 10.6. The van der Waals surface area contributed by atoms with Crippen LogP contribution in [-0.4, -0.2) is 20.6 Å². The van der Waals surface area contributed by atoms with Crippen molar-refractivity contribution in [3.8, 4) is 0 Å². The van der Waals surface area contributed by atoms with Crippen LogP contribution in [0.4, 0.5) is 5.69 Å². The van der Waals surface area contributed by atoms with Crippen LogP contribution >= 0.6 is 15.9 Å². The number of benzene rings is 2. The summed E-state index contributed by atoms with van der Waals surface area (Å²) in [6, 6.07) is 11.2. The molecule has 7 heteroatoms. The Morgan fingerprint density at radius 3 is 2.57 bits per heavy atom. The minimum absolute atomic E-state index is 0.0295. The molecule has 0 amide bonds. The molecule has 0 spiro atoms. The Bertz CT molecular complexity index is 856. The summed E-state index contributed by atoms with van der Waals surface area (Å²) in [6.45, 7) is 0. The van der Waals surface area contributed by atoms with Gasteiger partial charge in [-0.05, 0) is 30.3 Å². The molecule has 6 nitrogen and oxygen atoms in total. The highest BCUT2D eigenvalue weighted by atomic mass is 79.9. The first-order chi connectivity index (χ1) is 10.1. The largest absolute Gasteiger partial charge is 0.278 e. The quantitative estimate of drug-likeness (QED) is 0.526. The number of nitro benzene ring substituents is 1. The van der Waals surface area contributed by atoms with E-state index in [4.69, 9.17) is 0 Å². The van der Waals surface area contributed by atoms with E-state index in [1.807, 2.05) is 0 Å². The second-order valence-corrected chi connectivity index (χ2v) is 5.28. The Morgan fingerprint density at radius 1 is 1.19 bits per heavy atom. The normalized spacial score (nSPS) is 10.7. The monoisotopic (exact) mass is 345 g/mol. The lowest BCUT2D eigenvalue weighted by atomic mass is 10.2. The van der Waals surface area contributed by atoms with E-state index in [-0.39, 0.29) is 11.6 Å². The third-order valence-corrected chi connectivity index (χ3v) is 3.57. The van der Waals surface area contributed by atoms with E-state index >= 15 is 0 Å². The summed E-state index contributed by atoms with van der Waals surface area (Å²) >= 11 is 3.31. The third-order valence-electron chi connectivity index (χ3n) is 3.05. The Labute approximate surface area is 127 Å². The predicted molar refractivity (Wildman–Crippen MR) is 80.3 cm³/mol. The number of nitro groups is 1. The van der Waals surface area contributed by atoms with E-state index in [0.717, 1.165) is 4.47 Å². The minimum Gasteiger partial charge on any atom is -0.267 e. The summed E-state index contributed by atoms with van der Waals surface area (Å²) in [7, 11) is 0. The van der Waals surface area contributed by atoms with Crippen molar-refractivity contribution in [2.24, 2.45) is 0 Å². The van der Waals surface area contributed by atoms with Gasteiger partial charge in [-0.1, -0.05) is 15.9 Å².